The lowest BCUT2D eigenvalue weighted by atomic mass is 10.1. The summed E-state index contributed by atoms with van der Waals surface area (Å²) in [6.07, 6.45) is 3.71. The Morgan fingerprint density at radius 3 is 2.32 bits per heavy atom. The normalized spacial score (nSPS) is 13.7. The second kappa shape index (κ2) is 6.03. The zero-order valence-corrected chi connectivity index (χ0v) is 14.0. The first-order chi connectivity index (χ1) is 12.1. The van der Waals surface area contributed by atoms with Gasteiger partial charge in [-0.05, 0) is 42.7 Å². The van der Waals surface area contributed by atoms with Gasteiger partial charge in [-0.15, -0.1) is 21.5 Å². The van der Waals surface area contributed by atoms with E-state index in [0.717, 1.165) is 9.78 Å². The Labute approximate surface area is 147 Å². The van der Waals surface area contributed by atoms with Gasteiger partial charge in [0.05, 0.1) is 22.5 Å². The Balaban J connectivity index is 1.72. The number of rotatable bonds is 3. The lowest BCUT2D eigenvalue weighted by Gasteiger charge is -2.11. The van der Waals surface area contributed by atoms with Crippen LogP contribution in [0.15, 0.2) is 41.8 Å². The van der Waals surface area contributed by atoms with E-state index in [0.29, 0.717) is 22.5 Å². The summed E-state index contributed by atoms with van der Waals surface area (Å²) in [6.45, 7) is 1.78. The molecule has 0 fully saturated rings. The molecule has 0 saturated carbocycles. The van der Waals surface area contributed by atoms with Gasteiger partial charge in [-0.1, -0.05) is 18.2 Å². The average molecular weight is 348 g/mol. The van der Waals surface area contributed by atoms with Crippen molar-refractivity contribution in [2.75, 3.05) is 4.90 Å². The van der Waals surface area contributed by atoms with Crippen molar-refractivity contribution < 1.29 is 9.59 Å². The number of aryl methyl sites for hydroxylation is 1. The van der Waals surface area contributed by atoms with Crippen molar-refractivity contribution >= 4 is 41.3 Å². The standard InChI is InChI=1S/C18H12N4O2S/c1-11-15(9-8-12-5-4-10-25-12)19-18(21-20-11)22-16(23)13-6-2-3-7-14(13)17(22)24/h2-10H,1H3/b9-8+. The van der Waals surface area contributed by atoms with Gasteiger partial charge in [0.25, 0.3) is 17.8 Å². The molecular weight excluding hydrogens is 336 g/mol. The molecule has 122 valence electrons. The fourth-order valence-electron chi connectivity index (χ4n) is 2.55. The molecule has 1 aromatic carbocycles. The molecule has 0 spiro atoms. The molecule has 4 rings (SSSR count). The number of imide groups is 1. The minimum atomic E-state index is -0.431. The first-order valence-corrected chi connectivity index (χ1v) is 8.44. The highest BCUT2D eigenvalue weighted by Crippen LogP contribution is 2.26. The van der Waals surface area contributed by atoms with Crippen molar-refractivity contribution in [3.8, 4) is 0 Å². The van der Waals surface area contributed by atoms with Crippen molar-refractivity contribution in [2.24, 2.45) is 0 Å². The summed E-state index contributed by atoms with van der Waals surface area (Å²) in [4.78, 5) is 31.5. The lowest BCUT2D eigenvalue weighted by molar-refractivity contribution is 0.0923. The Morgan fingerprint density at radius 1 is 0.960 bits per heavy atom. The lowest BCUT2D eigenvalue weighted by Crippen LogP contribution is -2.31. The van der Waals surface area contributed by atoms with Crippen molar-refractivity contribution in [1.82, 2.24) is 15.2 Å². The summed E-state index contributed by atoms with van der Waals surface area (Å²) in [5.74, 6) is -0.874. The first kappa shape index (κ1) is 15.3. The Kier molecular flexibility index (Phi) is 3.70. The number of nitrogens with zero attached hydrogens (tertiary/aromatic N) is 4. The predicted octanol–water partition coefficient (Wildman–Crippen LogP) is 3.21. The molecule has 3 aromatic rings. The molecule has 0 saturated heterocycles. The molecule has 25 heavy (non-hydrogen) atoms. The van der Waals surface area contributed by atoms with E-state index in [9.17, 15) is 9.59 Å². The number of fused-ring (bicyclic) bond motifs is 1. The maximum Gasteiger partial charge on any atom is 0.268 e. The Hall–Kier alpha value is -3.19. The molecule has 0 atom stereocenters. The summed E-state index contributed by atoms with van der Waals surface area (Å²) < 4.78 is 0. The molecule has 1 aliphatic heterocycles. The van der Waals surface area contributed by atoms with E-state index in [2.05, 4.69) is 15.2 Å². The van der Waals surface area contributed by atoms with Gasteiger partial charge in [-0.25, -0.2) is 9.88 Å². The molecule has 0 aliphatic carbocycles. The number of aromatic nitrogens is 3. The van der Waals surface area contributed by atoms with Crippen LogP contribution in [0.3, 0.4) is 0 Å². The monoisotopic (exact) mass is 348 g/mol. The SMILES string of the molecule is Cc1nnc(N2C(=O)c3ccccc3C2=O)nc1/C=C/c1cccs1. The van der Waals surface area contributed by atoms with Gasteiger partial charge in [0.2, 0.25) is 0 Å². The number of anilines is 1. The molecule has 6 nitrogen and oxygen atoms in total. The minimum Gasteiger partial charge on any atom is -0.268 e. The third-order valence-corrected chi connectivity index (χ3v) is 4.66. The summed E-state index contributed by atoms with van der Waals surface area (Å²) in [5.41, 5.74) is 1.89. The van der Waals surface area contributed by atoms with Crippen LogP contribution in [0.4, 0.5) is 5.95 Å². The van der Waals surface area contributed by atoms with Crippen molar-refractivity contribution in [3.63, 3.8) is 0 Å². The van der Waals surface area contributed by atoms with Gasteiger partial charge in [-0.3, -0.25) is 9.59 Å². The molecule has 0 N–H and O–H groups in total. The topological polar surface area (TPSA) is 76.1 Å². The Morgan fingerprint density at radius 2 is 1.68 bits per heavy atom. The second-order valence-electron chi connectivity index (χ2n) is 5.42. The van der Waals surface area contributed by atoms with E-state index in [4.69, 9.17) is 0 Å². The molecule has 0 radical (unpaired) electrons. The van der Waals surface area contributed by atoms with Gasteiger partial charge in [0.1, 0.15) is 0 Å². The molecule has 2 amide bonds. The summed E-state index contributed by atoms with van der Waals surface area (Å²) in [5, 5.41) is 9.97. The zero-order valence-electron chi connectivity index (χ0n) is 13.2. The highest BCUT2D eigenvalue weighted by atomic mass is 32.1. The molecule has 3 heterocycles. The number of carbonyl (C=O) groups excluding carboxylic acids is 2. The highest BCUT2D eigenvalue weighted by molar-refractivity contribution is 7.10. The van der Waals surface area contributed by atoms with E-state index in [1.165, 1.54) is 0 Å². The molecule has 2 aromatic heterocycles. The quantitative estimate of drug-likeness (QED) is 0.679. The van der Waals surface area contributed by atoms with E-state index in [-0.39, 0.29) is 5.95 Å². The van der Waals surface area contributed by atoms with Crippen LogP contribution >= 0.6 is 11.3 Å². The Bertz CT molecular complexity index is 977. The van der Waals surface area contributed by atoms with E-state index in [1.807, 2.05) is 23.6 Å². The van der Waals surface area contributed by atoms with Crippen LogP contribution in [-0.4, -0.2) is 27.0 Å². The maximum atomic E-state index is 12.5. The number of thiophene rings is 1. The number of benzene rings is 1. The predicted molar refractivity (Wildman–Crippen MR) is 95.4 cm³/mol. The van der Waals surface area contributed by atoms with Crippen LogP contribution in [0, 0.1) is 6.92 Å². The summed E-state index contributed by atoms with van der Waals surface area (Å²) >= 11 is 1.60. The molecule has 0 unspecified atom stereocenters. The molecular formula is C18H12N4O2S. The minimum absolute atomic E-state index is 0.0115. The number of hydrogen-bond donors (Lipinski definition) is 0. The largest absolute Gasteiger partial charge is 0.268 e. The maximum absolute atomic E-state index is 12.5. The van der Waals surface area contributed by atoms with Crippen LogP contribution in [0.1, 0.15) is 37.0 Å². The number of hydrogen-bond acceptors (Lipinski definition) is 6. The van der Waals surface area contributed by atoms with Crippen LogP contribution in [0.5, 0.6) is 0 Å². The van der Waals surface area contributed by atoms with Gasteiger partial charge in [0.15, 0.2) is 0 Å². The van der Waals surface area contributed by atoms with E-state index >= 15 is 0 Å². The fraction of sp³-hybridized carbons (Fsp3) is 0.0556. The summed E-state index contributed by atoms with van der Waals surface area (Å²) in [7, 11) is 0. The molecule has 0 bridgehead atoms. The van der Waals surface area contributed by atoms with Crippen molar-refractivity contribution in [1.29, 1.82) is 0 Å². The fourth-order valence-corrected chi connectivity index (χ4v) is 3.17. The zero-order chi connectivity index (χ0) is 17.4. The number of amides is 2. The van der Waals surface area contributed by atoms with Crippen LogP contribution < -0.4 is 4.90 Å². The summed E-state index contributed by atoms with van der Waals surface area (Å²) in [6, 6.07) is 10.6. The highest BCUT2D eigenvalue weighted by Gasteiger charge is 2.38. The second-order valence-corrected chi connectivity index (χ2v) is 6.40. The smallest absolute Gasteiger partial charge is 0.268 e. The van der Waals surface area contributed by atoms with Gasteiger partial charge in [0, 0.05) is 4.88 Å². The van der Waals surface area contributed by atoms with Crippen LogP contribution in [0.25, 0.3) is 12.2 Å². The van der Waals surface area contributed by atoms with Crippen molar-refractivity contribution in [3.05, 3.63) is 69.2 Å². The third-order valence-electron chi connectivity index (χ3n) is 3.82. The third kappa shape index (κ3) is 2.64. The number of carbonyl (C=O) groups is 2. The van der Waals surface area contributed by atoms with E-state index in [1.54, 1.807) is 48.6 Å². The van der Waals surface area contributed by atoms with E-state index < -0.39 is 11.8 Å². The average Bonchev–Trinajstić information content (AvgIpc) is 3.23. The van der Waals surface area contributed by atoms with Crippen LogP contribution in [-0.2, 0) is 0 Å². The van der Waals surface area contributed by atoms with Gasteiger partial charge >= 0.3 is 0 Å². The molecule has 1 aliphatic rings. The first-order valence-electron chi connectivity index (χ1n) is 7.56. The molecule has 7 heteroatoms. The van der Waals surface area contributed by atoms with Gasteiger partial charge in [-0.2, -0.15) is 0 Å². The van der Waals surface area contributed by atoms with Crippen molar-refractivity contribution in [2.45, 2.75) is 6.92 Å². The van der Waals surface area contributed by atoms with Crippen LogP contribution in [0.2, 0.25) is 0 Å². The van der Waals surface area contributed by atoms with Gasteiger partial charge < -0.3 is 0 Å².